The standard InChI is InChI=1S/C19H16N4O/c1-2-24-16-10-7-14(8-11-16)9-12-18-21-22-19-17-6-4-3-5-15(17)13-20-23(18)19/h3-13H,2H2,1H3/b12-9+. The van der Waals surface area contributed by atoms with Gasteiger partial charge in [-0.3, -0.25) is 0 Å². The van der Waals surface area contributed by atoms with Gasteiger partial charge in [-0.1, -0.05) is 42.5 Å². The maximum Gasteiger partial charge on any atom is 0.186 e. The van der Waals surface area contributed by atoms with Crippen molar-refractivity contribution in [2.45, 2.75) is 6.92 Å². The van der Waals surface area contributed by atoms with Gasteiger partial charge < -0.3 is 4.74 Å². The quantitative estimate of drug-likeness (QED) is 0.574. The molecule has 0 unspecified atom stereocenters. The van der Waals surface area contributed by atoms with Gasteiger partial charge in [-0.25, -0.2) is 0 Å². The van der Waals surface area contributed by atoms with Gasteiger partial charge >= 0.3 is 0 Å². The molecular formula is C19H16N4O. The molecule has 0 saturated heterocycles. The Labute approximate surface area is 139 Å². The van der Waals surface area contributed by atoms with E-state index in [-0.39, 0.29) is 0 Å². The lowest BCUT2D eigenvalue weighted by Crippen LogP contribution is -1.94. The molecular weight excluding hydrogens is 300 g/mol. The zero-order valence-corrected chi connectivity index (χ0v) is 13.3. The Bertz CT molecular complexity index is 1020. The molecule has 0 N–H and O–H groups in total. The van der Waals surface area contributed by atoms with Gasteiger partial charge in [0.25, 0.3) is 0 Å². The van der Waals surface area contributed by atoms with Gasteiger partial charge in [0.15, 0.2) is 11.5 Å². The Hall–Kier alpha value is -3.21. The SMILES string of the molecule is CCOc1ccc(/C=C/c2nnc3c4ccccc4cnn23)cc1. The third kappa shape index (κ3) is 2.60. The summed E-state index contributed by atoms with van der Waals surface area (Å²) in [7, 11) is 0. The van der Waals surface area contributed by atoms with Gasteiger partial charge in [-0.05, 0) is 30.7 Å². The molecule has 0 aliphatic heterocycles. The van der Waals surface area contributed by atoms with Crippen molar-refractivity contribution in [1.29, 1.82) is 0 Å². The van der Waals surface area contributed by atoms with Crippen LogP contribution in [0.2, 0.25) is 0 Å². The molecule has 0 fully saturated rings. The molecule has 0 amide bonds. The highest BCUT2D eigenvalue weighted by Gasteiger charge is 2.07. The molecule has 24 heavy (non-hydrogen) atoms. The topological polar surface area (TPSA) is 52.3 Å². The third-order valence-electron chi connectivity index (χ3n) is 3.79. The Morgan fingerprint density at radius 1 is 1.00 bits per heavy atom. The molecule has 0 radical (unpaired) electrons. The van der Waals surface area contributed by atoms with E-state index in [9.17, 15) is 0 Å². The molecule has 0 atom stereocenters. The van der Waals surface area contributed by atoms with Crippen LogP contribution in [0.1, 0.15) is 18.3 Å². The molecule has 0 spiro atoms. The zero-order chi connectivity index (χ0) is 16.4. The smallest absolute Gasteiger partial charge is 0.186 e. The van der Waals surface area contributed by atoms with E-state index in [1.165, 1.54) is 0 Å². The fraction of sp³-hybridized carbons (Fsp3) is 0.105. The van der Waals surface area contributed by atoms with Crippen molar-refractivity contribution in [2.24, 2.45) is 0 Å². The number of rotatable bonds is 4. The Kier molecular flexibility index (Phi) is 3.67. The van der Waals surface area contributed by atoms with Gasteiger partial charge in [0.1, 0.15) is 5.75 Å². The van der Waals surface area contributed by atoms with Crippen LogP contribution in [-0.2, 0) is 0 Å². The Balaban J connectivity index is 1.68. The molecule has 0 saturated carbocycles. The molecule has 5 heteroatoms. The fourth-order valence-electron chi connectivity index (χ4n) is 2.62. The first kappa shape index (κ1) is 14.4. The Morgan fingerprint density at radius 2 is 1.83 bits per heavy atom. The van der Waals surface area contributed by atoms with Gasteiger partial charge in [0.2, 0.25) is 0 Å². The first-order valence-electron chi connectivity index (χ1n) is 7.85. The van der Waals surface area contributed by atoms with Crippen LogP contribution in [0.15, 0.2) is 54.7 Å². The molecule has 2 aromatic heterocycles. The summed E-state index contributed by atoms with van der Waals surface area (Å²) in [6.45, 7) is 2.64. The van der Waals surface area contributed by atoms with E-state index in [0.29, 0.717) is 12.4 Å². The maximum atomic E-state index is 5.45. The first-order chi connectivity index (χ1) is 11.8. The second kappa shape index (κ2) is 6.12. The number of fused-ring (bicyclic) bond motifs is 3. The van der Waals surface area contributed by atoms with Crippen LogP contribution in [0.3, 0.4) is 0 Å². The molecule has 2 aromatic carbocycles. The highest BCUT2D eigenvalue weighted by Crippen LogP contribution is 2.18. The Morgan fingerprint density at radius 3 is 2.67 bits per heavy atom. The van der Waals surface area contributed by atoms with Crippen LogP contribution in [0.4, 0.5) is 0 Å². The van der Waals surface area contributed by atoms with E-state index >= 15 is 0 Å². The minimum absolute atomic E-state index is 0.667. The van der Waals surface area contributed by atoms with E-state index in [1.807, 2.05) is 73.8 Å². The van der Waals surface area contributed by atoms with Gasteiger partial charge in [0, 0.05) is 10.8 Å². The lowest BCUT2D eigenvalue weighted by atomic mass is 10.2. The number of aromatic nitrogens is 4. The molecule has 0 aliphatic carbocycles. The van der Waals surface area contributed by atoms with E-state index < -0.39 is 0 Å². The van der Waals surface area contributed by atoms with Crippen molar-refractivity contribution >= 4 is 28.6 Å². The molecule has 2 heterocycles. The zero-order valence-electron chi connectivity index (χ0n) is 13.3. The molecule has 5 nitrogen and oxygen atoms in total. The summed E-state index contributed by atoms with van der Waals surface area (Å²) in [4.78, 5) is 0. The fourth-order valence-corrected chi connectivity index (χ4v) is 2.62. The average Bonchev–Trinajstić information content (AvgIpc) is 3.05. The van der Waals surface area contributed by atoms with Crippen molar-refractivity contribution in [3.8, 4) is 5.75 Å². The van der Waals surface area contributed by atoms with Crippen molar-refractivity contribution in [2.75, 3.05) is 6.61 Å². The number of nitrogens with zero attached hydrogens (tertiary/aromatic N) is 4. The molecule has 0 bridgehead atoms. The third-order valence-corrected chi connectivity index (χ3v) is 3.79. The number of hydrogen-bond acceptors (Lipinski definition) is 4. The van der Waals surface area contributed by atoms with E-state index in [2.05, 4.69) is 15.3 Å². The molecule has 0 aliphatic rings. The summed E-state index contributed by atoms with van der Waals surface area (Å²) in [5, 5.41) is 15.1. The van der Waals surface area contributed by atoms with Gasteiger partial charge in [-0.15, -0.1) is 10.2 Å². The monoisotopic (exact) mass is 316 g/mol. The normalized spacial score (nSPS) is 11.5. The number of hydrogen-bond donors (Lipinski definition) is 0. The van der Waals surface area contributed by atoms with Crippen molar-refractivity contribution in [3.05, 3.63) is 66.1 Å². The highest BCUT2D eigenvalue weighted by atomic mass is 16.5. The van der Waals surface area contributed by atoms with Gasteiger partial charge in [-0.2, -0.15) is 9.61 Å². The van der Waals surface area contributed by atoms with Crippen LogP contribution < -0.4 is 4.74 Å². The minimum atomic E-state index is 0.667. The lowest BCUT2D eigenvalue weighted by Gasteiger charge is -2.02. The van der Waals surface area contributed by atoms with Gasteiger partial charge in [0.05, 0.1) is 12.8 Å². The minimum Gasteiger partial charge on any atom is -0.494 e. The summed E-state index contributed by atoms with van der Waals surface area (Å²) in [5.41, 5.74) is 1.83. The summed E-state index contributed by atoms with van der Waals surface area (Å²) >= 11 is 0. The average molecular weight is 316 g/mol. The maximum absolute atomic E-state index is 5.45. The number of benzene rings is 2. The predicted octanol–water partition coefficient (Wildman–Crippen LogP) is 3.85. The van der Waals surface area contributed by atoms with Crippen LogP contribution in [0, 0.1) is 0 Å². The van der Waals surface area contributed by atoms with Crippen molar-refractivity contribution in [3.63, 3.8) is 0 Å². The first-order valence-corrected chi connectivity index (χ1v) is 7.85. The van der Waals surface area contributed by atoms with E-state index in [4.69, 9.17) is 4.74 Å². The van der Waals surface area contributed by atoms with Crippen LogP contribution >= 0.6 is 0 Å². The molecule has 4 rings (SSSR count). The second-order valence-corrected chi connectivity index (χ2v) is 5.36. The van der Waals surface area contributed by atoms with E-state index in [1.54, 1.807) is 4.52 Å². The van der Waals surface area contributed by atoms with E-state index in [0.717, 1.165) is 27.7 Å². The highest BCUT2D eigenvalue weighted by molar-refractivity contribution is 5.93. The summed E-state index contributed by atoms with van der Waals surface area (Å²) < 4.78 is 7.21. The summed E-state index contributed by atoms with van der Waals surface area (Å²) in [5.74, 6) is 1.57. The summed E-state index contributed by atoms with van der Waals surface area (Å²) in [6.07, 6.45) is 5.74. The second-order valence-electron chi connectivity index (χ2n) is 5.36. The molecule has 118 valence electrons. The number of ether oxygens (including phenoxy) is 1. The van der Waals surface area contributed by atoms with Crippen LogP contribution in [-0.4, -0.2) is 26.4 Å². The summed E-state index contributed by atoms with van der Waals surface area (Å²) in [6, 6.07) is 16.0. The lowest BCUT2D eigenvalue weighted by molar-refractivity contribution is 0.340. The largest absolute Gasteiger partial charge is 0.494 e. The molecule has 4 aromatic rings. The predicted molar refractivity (Wildman–Crippen MR) is 94.8 cm³/mol. The van der Waals surface area contributed by atoms with Crippen molar-refractivity contribution < 1.29 is 4.74 Å². The van der Waals surface area contributed by atoms with Crippen molar-refractivity contribution in [1.82, 2.24) is 19.8 Å². The van der Waals surface area contributed by atoms with Crippen LogP contribution in [0.25, 0.3) is 28.6 Å². The van der Waals surface area contributed by atoms with Crippen LogP contribution in [0.5, 0.6) is 5.75 Å².